The molecule has 0 aliphatic carbocycles. The summed E-state index contributed by atoms with van der Waals surface area (Å²) in [7, 11) is 0. The predicted molar refractivity (Wildman–Crippen MR) is 85.3 cm³/mol. The SMILES string of the molecule is C#CC(=C)/C=C(\C=N/CC(=C)C)c1cccc(C)c1. The second kappa shape index (κ2) is 7.18. The summed E-state index contributed by atoms with van der Waals surface area (Å²) in [6.45, 7) is 12.3. The summed E-state index contributed by atoms with van der Waals surface area (Å²) in [5.41, 5.74) is 4.91. The van der Waals surface area contributed by atoms with Crippen LogP contribution in [0, 0.1) is 19.3 Å². The van der Waals surface area contributed by atoms with Crippen LogP contribution in [0.1, 0.15) is 18.1 Å². The zero-order valence-corrected chi connectivity index (χ0v) is 11.6. The van der Waals surface area contributed by atoms with E-state index in [2.05, 4.69) is 43.1 Å². The lowest BCUT2D eigenvalue weighted by atomic mass is 10.0. The second-order valence-corrected chi connectivity index (χ2v) is 4.57. The fraction of sp³-hybridized carbons (Fsp3) is 0.167. The van der Waals surface area contributed by atoms with Crippen LogP contribution in [0.25, 0.3) is 5.57 Å². The Bertz CT molecular complexity index is 580. The zero-order valence-electron chi connectivity index (χ0n) is 11.6. The largest absolute Gasteiger partial charge is 0.288 e. The second-order valence-electron chi connectivity index (χ2n) is 4.57. The Morgan fingerprint density at radius 3 is 2.74 bits per heavy atom. The number of hydrogen-bond donors (Lipinski definition) is 0. The van der Waals surface area contributed by atoms with E-state index in [-0.39, 0.29) is 0 Å². The summed E-state index contributed by atoms with van der Waals surface area (Å²) < 4.78 is 0. The molecule has 0 spiro atoms. The highest BCUT2D eigenvalue weighted by atomic mass is 14.7. The van der Waals surface area contributed by atoms with Gasteiger partial charge in [-0.1, -0.05) is 54.5 Å². The van der Waals surface area contributed by atoms with Gasteiger partial charge in [0, 0.05) is 17.4 Å². The van der Waals surface area contributed by atoms with E-state index >= 15 is 0 Å². The lowest BCUT2D eigenvalue weighted by molar-refractivity contribution is 1.15. The van der Waals surface area contributed by atoms with Crippen LogP contribution in [-0.2, 0) is 0 Å². The maximum Gasteiger partial charge on any atom is 0.0594 e. The highest BCUT2D eigenvalue weighted by Gasteiger charge is 1.99. The Balaban J connectivity index is 3.10. The minimum absolute atomic E-state index is 0.617. The van der Waals surface area contributed by atoms with Gasteiger partial charge in [0.15, 0.2) is 0 Å². The molecule has 0 N–H and O–H groups in total. The van der Waals surface area contributed by atoms with Gasteiger partial charge in [0.1, 0.15) is 0 Å². The van der Waals surface area contributed by atoms with E-state index in [1.165, 1.54) is 5.56 Å². The van der Waals surface area contributed by atoms with E-state index in [0.29, 0.717) is 12.1 Å². The molecule has 0 amide bonds. The van der Waals surface area contributed by atoms with Crippen molar-refractivity contribution in [3.05, 3.63) is 65.8 Å². The molecule has 1 rings (SSSR count). The summed E-state index contributed by atoms with van der Waals surface area (Å²) in [6, 6.07) is 8.21. The maximum atomic E-state index is 5.35. The molecule has 96 valence electrons. The number of rotatable bonds is 5. The number of aliphatic imine (C=N–C) groups is 1. The minimum Gasteiger partial charge on any atom is -0.288 e. The standard InChI is InChI=1S/C18H19N/c1-6-15(4)10-18(13-19-12-14(2)3)17-9-7-8-16(5)11-17/h1,7-11,13H,2,4,12H2,3,5H3/b18-10+,19-13-. The first-order chi connectivity index (χ1) is 9.02. The number of benzene rings is 1. The molecular weight excluding hydrogens is 230 g/mol. The lowest BCUT2D eigenvalue weighted by Crippen LogP contribution is -1.90. The molecule has 0 aliphatic heterocycles. The molecule has 1 aromatic carbocycles. The van der Waals surface area contributed by atoms with Crippen LogP contribution in [-0.4, -0.2) is 12.8 Å². The van der Waals surface area contributed by atoms with Crippen molar-refractivity contribution in [2.24, 2.45) is 4.99 Å². The van der Waals surface area contributed by atoms with Gasteiger partial charge in [-0.25, -0.2) is 0 Å². The van der Waals surface area contributed by atoms with Gasteiger partial charge >= 0.3 is 0 Å². The Hall–Kier alpha value is -2.33. The van der Waals surface area contributed by atoms with Crippen molar-refractivity contribution in [1.82, 2.24) is 0 Å². The van der Waals surface area contributed by atoms with Crippen LogP contribution in [0.5, 0.6) is 0 Å². The fourth-order valence-corrected chi connectivity index (χ4v) is 1.55. The number of terminal acetylenes is 1. The van der Waals surface area contributed by atoms with Crippen LogP contribution in [0.3, 0.4) is 0 Å². The van der Waals surface area contributed by atoms with Gasteiger partial charge < -0.3 is 0 Å². The topological polar surface area (TPSA) is 12.4 Å². The molecule has 0 heterocycles. The highest BCUT2D eigenvalue weighted by Crippen LogP contribution is 2.16. The van der Waals surface area contributed by atoms with E-state index in [1.807, 2.05) is 31.3 Å². The van der Waals surface area contributed by atoms with Crippen molar-refractivity contribution < 1.29 is 0 Å². The molecular formula is C18H19N. The third-order valence-electron chi connectivity index (χ3n) is 2.46. The summed E-state index contributed by atoms with van der Waals surface area (Å²) in [5, 5.41) is 0. The Kier molecular flexibility index (Phi) is 5.57. The van der Waals surface area contributed by atoms with E-state index in [9.17, 15) is 0 Å². The number of aryl methyl sites for hydroxylation is 1. The molecule has 1 aromatic rings. The van der Waals surface area contributed by atoms with Crippen molar-refractivity contribution in [2.75, 3.05) is 6.54 Å². The monoisotopic (exact) mass is 249 g/mol. The smallest absolute Gasteiger partial charge is 0.0594 e. The number of allylic oxidation sites excluding steroid dienone is 3. The molecule has 19 heavy (non-hydrogen) atoms. The molecule has 1 heteroatoms. The molecule has 0 saturated carbocycles. The first-order valence-corrected chi connectivity index (χ1v) is 6.11. The van der Waals surface area contributed by atoms with Crippen LogP contribution in [0.4, 0.5) is 0 Å². The minimum atomic E-state index is 0.617. The van der Waals surface area contributed by atoms with Gasteiger partial charge in [-0.2, -0.15) is 0 Å². The highest BCUT2D eigenvalue weighted by molar-refractivity contribution is 6.10. The average molecular weight is 249 g/mol. The number of nitrogens with zero attached hydrogens (tertiary/aromatic N) is 1. The first-order valence-electron chi connectivity index (χ1n) is 6.11. The maximum absolute atomic E-state index is 5.35. The molecule has 0 radical (unpaired) electrons. The Morgan fingerprint density at radius 1 is 1.42 bits per heavy atom. The Morgan fingerprint density at radius 2 is 2.16 bits per heavy atom. The van der Waals surface area contributed by atoms with Crippen LogP contribution in [0.2, 0.25) is 0 Å². The average Bonchev–Trinajstić information content (AvgIpc) is 2.37. The van der Waals surface area contributed by atoms with Crippen molar-refractivity contribution >= 4 is 11.8 Å². The van der Waals surface area contributed by atoms with Gasteiger partial charge in [0.2, 0.25) is 0 Å². The summed E-state index contributed by atoms with van der Waals surface area (Å²) in [4.78, 5) is 4.36. The molecule has 0 fully saturated rings. The molecule has 1 nitrogen and oxygen atoms in total. The molecule has 0 unspecified atom stereocenters. The van der Waals surface area contributed by atoms with Gasteiger partial charge in [0.25, 0.3) is 0 Å². The summed E-state index contributed by atoms with van der Waals surface area (Å²) >= 11 is 0. The van der Waals surface area contributed by atoms with Crippen molar-refractivity contribution in [1.29, 1.82) is 0 Å². The zero-order chi connectivity index (χ0) is 14.3. The van der Waals surface area contributed by atoms with Crippen LogP contribution in [0.15, 0.2) is 59.6 Å². The molecule has 0 atom stereocenters. The van der Waals surface area contributed by atoms with Gasteiger partial charge in [-0.05, 0) is 25.5 Å². The molecule has 0 bridgehead atoms. The molecule has 0 aliphatic rings. The van der Waals surface area contributed by atoms with Crippen LogP contribution >= 0.6 is 0 Å². The van der Waals surface area contributed by atoms with Crippen molar-refractivity contribution in [3.63, 3.8) is 0 Å². The normalized spacial score (nSPS) is 11.3. The van der Waals surface area contributed by atoms with E-state index in [0.717, 1.165) is 16.7 Å². The quantitative estimate of drug-likeness (QED) is 0.321. The van der Waals surface area contributed by atoms with Crippen LogP contribution < -0.4 is 0 Å². The van der Waals surface area contributed by atoms with Gasteiger partial charge in [-0.3, -0.25) is 4.99 Å². The van der Waals surface area contributed by atoms with E-state index < -0.39 is 0 Å². The lowest BCUT2D eigenvalue weighted by Gasteiger charge is -2.04. The fourth-order valence-electron chi connectivity index (χ4n) is 1.55. The van der Waals surface area contributed by atoms with Crippen molar-refractivity contribution in [2.45, 2.75) is 13.8 Å². The van der Waals surface area contributed by atoms with E-state index in [4.69, 9.17) is 6.42 Å². The van der Waals surface area contributed by atoms with E-state index in [1.54, 1.807) is 0 Å². The third-order valence-corrected chi connectivity index (χ3v) is 2.46. The predicted octanol–water partition coefficient (Wildman–Crippen LogP) is 4.21. The third kappa shape index (κ3) is 5.23. The Labute approximate surface area is 116 Å². The first kappa shape index (κ1) is 14.7. The molecule has 0 aromatic heterocycles. The molecule has 0 saturated heterocycles. The number of hydrogen-bond acceptors (Lipinski definition) is 1. The summed E-state index contributed by atoms with van der Waals surface area (Å²) in [5.74, 6) is 2.53. The van der Waals surface area contributed by atoms with Gasteiger partial charge in [0.05, 0.1) is 6.54 Å². The summed E-state index contributed by atoms with van der Waals surface area (Å²) in [6.07, 6.45) is 9.05. The van der Waals surface area contributed by atoms with Gasteiger partial charge in [-0.15, -0.1) is 6.42 Å². The van der Waals surface area contributed by atoms with Crippen molar-refractivity contribution in [3.8, 4) is 12.3 Å².